The van der Waals surface area contributed by atoms with Crippen molar-refractivity contribution in [1.82, 2.24) is 19.6 Å². The fourth-order valence-electron chi connectivity index (χ4n) is 3.07. The molecule has 0 fully saturated rings. The van der Waals surface area contributed by atoms with Gasteiger partial charge in [-0.05, 0) is 45.8 Å². The number of halogens is 3. The van der Waals surface area contributed by atoms with Crippen molar-refractivity contribution in [2.24, 2.45) is 0 Å². The van der Waals surface area contributed by atoms with E-state index in [4.69, 9.17) is 11.6 Å². The predicted molar refractivity (Wildman–Crippen MR) is 123 cm³/mol. The first-order valence-corrected chi connectivity index (χ1v) is 10.7. The number of nitrogens with one attached hydrogen (secondary N) is 1. The van der Waals surface area contributed by atoms with E-state index in [0.29, 0.717) is 22.1 Å². The van der Waals surface area contributed by atoms with Gasteiger partial charge >= 0.3 is 5.69 Å². The summed E-state index contributed by atoms with van der Waals surface area (Å²) in [5, 5.41) is 22.0. The van der Waals surface area contributed by atoms with E-state index in [1.807, 2.05) is 0 Å². The van der Waals surface area contributed by atoms with Gasteiger partial charge in [-0.25, -0.2) is 4.39 Å². The van der Waals surface area contributed by atoms with Crippen LogP contribution in [0.15, 0.2) is 65.5 Å². The molecule has 0 aliphatic rings. The average molecular weight is 534 g/mol. The fraction of sp³-hybridized carbons (Fsp3) is 0.0952. The van der Waals surface area contributed by atoms with Crippen molar-refractivity contribution in [3.63, 3.8) is 0 Å². The smallest absolute Gasteiger partial charge is 0.304 e. The van der Waals surface area contributed by atoms with Gasteiger partial charge in [-0.2, -0.15) is 10.2 Å². The van der Waals surface area contributed by atoms with Gasteiger partial charge in [-0.1, -0.05) is 29.8 Å². The van der Waals surface area contributed by atoms with E-state index in [1.54, 1.807) is 36.5 Å². The highest BCUT2D eigenvalue weighted by Gasteiger charge is 2.15. The molecule has 0 atom stereocenters. The maximum Gasteiger partial charge on any atom is 0.307 e. The third-order valence-corrected chi connectivity index (χ3v) is 5.66. The van der Waals surface area contributed by atoms with Crippen LogP contribution in [0.2, 0.25) is 5.02 Å². The van der Waals surface area contributed by atoms with Gasteiger partial charge in [0, 0.05) is 22.3 Å². The van der Waals surface area contributed by atoms with Crippen LogP contribution in [0.3, 0.4) is 0 Å². The number of carbonyl (C=O) groups excluding carboxylic acids is 1. The summed E-state index contributed by atoms with van der Waals surface area (Å²) in [6.07, 6.45) is 4.13. The first-order chi connectivity index (χ1) is 15.8. The van der Waals surface area contributed by atoms with Gasteiger partial charge in [0.25, 0.3) is 5.91 Å². The molecule has 0 unspecified atom stereocenters. The summed E-state index contributed by atoms with van der Waals surface area (Å²) in [6, 6.07) is 11.2. The van der Waals surface area contributed by atoms with E-state index in [2.05, 4.69) is 31.4 Å². The van der Waals surface area contributed by atoms with E-state index in [1.165, 1.54) is 33.9 Å². The summed E-state index contributed by atoms with van der Waals surface area (Å²) in [5.41, 5.74) is 1.42. The van der Waals surface area contributed by atoms with Crippen LogP contribution in [-0.2, 0) is 13.1 Å². The highest BCUT2D eigenvalue weighted by atomic mass is 79.9. The minimum atomic E-state index is -0.513. The Hall–Kier alpha value is -3.57. The van der Waals surface area contributed by atoms with E-state index in [0.717, 1.165) is 5.56 Å². The molecule has 0 radical (unpaired) electrons. The minimum Gasteiger partial charge on any atom is -0.304 e. The summed E-state index contributed by atoms with van der Waals surface area (Å²) in [7, 11) is 0. The van der Waals surface area contributed by atoms with Crippen molar-refractivity contribution in [3.8, 4) is 0 Å². The van der Waals surface area contributed by atoms with Crippen molar-refractivity contribution in [2.75, 3.05) is 5.32 Å². The Balaban J connectivity index is 1.42. The molecule has 0 bridgehead atoms. The molecule has 4 rings (SSSR count). The van der Waals surface area contributed by atoms with Crippen molar-refractivity contribution in [1.29, 1.82) is 0 Å². The lowest BCUT2D eigenvalue weighted by Gasteiger charge is -2.06. The predicted octanol–water partition coefficient (Wildman–Crippen LogP) is 4.89. The highest BCUT2D eigenvalue weighted by molar-refractivity contribution is 9.10. The molecule has 0 aliphatic heterocycles. The maximum absolute atomic E-state index is 14.0. The van der Waals surface area contributed by atoms with E-state index < -0.39 is 10.7 Å². The van der Waals surface area contributed by atoms with Crippen molar-refractivity contribution in [2.45, 2.75) is 13.1 Å². The molecule has 0 saturated heterocycles. The lowest BCUT2D eigenvalue weighted by molar-refractivity contribution is -0.385. The molecule has 0 saturated carbocycles. The number of hydrogen-bond donors (Lipinski definition) is 1. The zero-order valence-electron chi connectivity index (χ0n) is 16.8. The molecule has 2 aromatic carbocycles. The lowest BCUT2D eigenvalue weighted by atomic mass is 10.1. The summed E-state index contributed by atoms with van der Waals surface area (Å²) >= 11 is 9.42. The maximum atomic E-state index is 14.0. The van der Waals surface area contributed by atoms with Crippen LogP contribution >= 0.6 is 27.5 Å². The summed E-state index contributed by atoms with van der Waals surface area (Å²) in [5.74, 6) is -0.545. The van der Waals surface area contributed by atoms with E-state index in [-0.39, 0.29) is 29.0 Å². The Morgan fingerprint density at radius 3 is 2.58 bits per heavy atom. The van der Waals surface area contributed by atoms with Crippen LogP contribution in [0.4, 0.5) is 15.9 Å². The zero-order chi connectivity index (χ0) is 23.5. The number of anilines is 1. The molecule has 33 heavy (non-hydrogen) atoms. The number of benzene rings is 2. The number of rotatable bonds is 7. The first-order valence-electron chi connectivity index (χ1n) is 9.53. The van der Waals surface area contributed by atoms with Crippen molar-refractivity contribution in [3.05, 3.63) is 103 Å². The summed E-state index contributed by atoms with van der Waals surface area (Å²) in [4.78, 5) is 22.9. The van der Waals surface area contributed by atoms with Gasteiger partial charge in [-0.15, -0.1) is 0 Å². The van der Waals surface area contributed by atoms with Crippen LogP contribution in [0.5, 0.6) is 0 Å². The Kier molecular flexibility index (Phi) is 6.52. The Bertz CT molecular complexity index is 1320. The molecular formula is C21H15BrClFN6O3. The van der Waals surface area contributed by atoms with Gasteiger partial charge in [0.1, 0.15) is 18.2 Å². The fourth-order valence-corrected chi connectivity index (χ4v) is 3.71. The molecule has 12 heteroatoms. The topological polar surface area (TPSA) is 108 Å². The van der Waals surface area contributed by atoms with Crippen LogP contribution in [-0.4, -0.2) is 30.4 Å². The van der Waals surface area contributed by atoms with Crippen LogP contribution in [0.1, 0.15) is 21.5 Å². The minimum absolute atomic E-state index is 0.0896. The number of carbonyl (C=O) groups is 1. The van der Waals surface area contributed by atoms with Gasteiger partial charge in [0.15, 0.2) is 5.82 Å². The molecule has 168 valence electrons. The molecule has 2 aromatic heterocycles. The second-order valence-electron chi connectivity index (χ2n) is 7.03. The largest absolute Gasteiger partial charge is 0.307 e. The highest BCUT2D eigenvalue weighted by Crippen LogP contribution is 2.24. The SMILES string of the molecule is O=C(Nc1nn(Cc2c(F)cccc2Cl)cc1Br)c1ccc(Cn2cc([N+](=O)[O-])cn2)cc1. The molecule has 1 N–H and O–H groups in total. The number of hydrogen-bond acceptors (Lipinski definition) is 5. The number of aromatic nitrogens is 4. The molecule has 9 nitrogen and oxygen atoms in total. The van der Waals surface area contributed by atoms with Crippen LogP contribution in [0, 0.1) is 15.9 Å². The van der Waals surface area contributed by atoms with Gasteiger partial charge < -0.3 is 5.32 Å². The second-order valence-corrected chi connectivity index (χ2v) is 8.29. The molecule has 4 aromatic rings. The third-order valence-electron chi connectivity index (χ3n) is 4.72. The average Bonchev–Trinajstić information content (AvgIpc) is 3.38. The Labute approximate surface area is 200 Å². The van der Waals surface area contributed by atoms with Gasteiger partial charge in [-0.3, -0.25) is 24.3 Å². The molecule has 1 amide bonds. The number of nitrogens with zero attached hydrogens (tertiary/aromatic N) is 5. The number of nitro groups is 1. The van der Waals surface area contributed by atoms with Crippen molar-refractivity contribution >= 4 is 44.9 Å². The van der Waals surface area contributed by atoms with Crippen LogP contribution < -0.4 is 5.32 Å². The van der Waals surface area contributed by atoms with Gasteiger partial charge in [0.2, 0.25) is 0 Å². The molecule has 0 spiro atoms. The van der Waals surface area contributed by atoms with Crippen LogP contribution in [0.25, 0.3) is 0 Å². The zero-order valence-corrected chi connectivity index (χ0v) is 19.1. The standard InChI is InChI=1S/C21H15BrClFN6O3/c22-17-12-29(11-16-18(23)2-1-3-19(16)24)27-20(17)26-21(31)14-6-4-13(5-7-14)9-28-10-15(8-25-28)30(32)33/h1-8,10,12H,9,11H2,(H,26,27,31). The Morgan fingerprint density at radius 1 is 1.15 bits per heavy atom. The lowest BCUT2D eigenvalue weighted by Crippen LogP contribution is -2.13. The second kappa shape index (κ2) is 9.51. The normalized spacial score (nSPS) is 10.9. The Morgan fingerprint density at radius 2 is 1.91 bits per heavy atom. The molecule has 2 heterocycles. The molecule has 0 aliphatic carbocycles. The first kappa shape index (κ1) is 22.6. The monoisotopic (exact) mass is 532 g/mol. The molecular weight excluding hydrogens is 519 g/mol. The number of amides is 1. The van der Waals surface area contributed by atoms with E-state index >= 15 is 0 Å². The van der Waals surface area contributed by atoms with E-state index in [9.17, 15) is 19.3 Å². The summed E-state index contributed by atoms with van der Waals surface area (Å²) in [6.45, 7) is 0.421. The third kappa shape index (κ3) is 5.26. The van der Waals surface area contributed by atoms with Gasteiger partial charge in [0.05, 0.1) is 22.5 Å². The van der Waals surface area contributed by atoms with Crippen molar-refractivity contribution < 1.29 is 14.1 Å². The quantitative estimate of drug-likeness (QED) is 0.269. The summed E-state index contributed by atoms with van der Waals surface area (Å²) < 4.78 is 17.5.